The summed E-state index contributed by atoms with van der Waals surface area (Å²) in [5.41, 5.74) is 3.56. The van der Waals surface area contributed by atoms with Gasteiger partial charge in [-0.2, -0.15) is 0 Å². The van der Waals surface area contributed by atoms with E-state index in [1.807, 2.05) is 58.0 Å². The molecule has 0 saturated heterocycles. The number of hydrogen-bond acceptors (Lipinski definition) is 3. The molecule has 146 valence electrons. The van der Waals surface area contributed by atoms with Crippen molar-refractivity contribution in [1.82, 2.24) is 5.32 Å². The maximum absolute atomic E-state index is 13.0. The van der Waals surface area contributed by atoms with Gasteiger partial charge in [0.1, 0.15) is 6.04 Å². The van der Waals surface area contributed by atoms with Crippen LogP contribution < -0.4 is 9.62 Å². The van der Waals surface area contributed by atoms with Crippen molar-refractivity contribution in [2.75, 3.05) is 10.6 Å². The number of sulfonamides is 1. The molecule has 1 amide bonds. The van der Waals surface area contributed by atoms with Crippen molar-refractivity contribution >= 4 is 21.6 Å². The van der Waals surface area contributed by atoms with Crippen LogP contribution in [0.5, 0.6) is 0 Å². The summed E-state index contributed by atoms with van der Waals surface area (Å²) in [4.78, 5) is 13.0. The van der Waals surface area contributed by atoms with E-state index in [9.17, 15) is 13.2 Å². The standard InChI is InChI=1S/C21H28N2O3S/c1-6-20(21(24)22-17(4)18-12-10-15(2)11-13-18)23(27(5,25)26)19-9-7-8-16(3)14-19/h7-14,17,20H,6H2,1-5H3,(H,22,24). The van der Waals surface area contributed by atoms with Crippen molar-refractivity contribution in [3.8, 4) is 0 Å². The zero-order valence-electron chi connectivity index (χ0n) is 16.6. The van der Waals surface area contributed by atoms with E-state index in [1.54, 1.807) is 18.2 Å². The monoisotopic (exact) mass is 388 g/mol. The number of carbonyl (C=O) groups excluding carboxylic acids is 1. The summed E-state index contributed by atoms with van der Waals surface area (Å²) >= 11 is 0. The minimum Gasteiger partial charge on any atom is -0.348 e. The van der Waals surface area contributed by atoms with Gasteiger partial charge >= 0.3 is 0 Å². The fraction of sp³-hybridized carbons (Fsp3) is 0.381. The summed E-state index contributed by atoms with van der Waals surface area (Å²) in [5.74, 6) is -0.308. The molecule has 2 aromatic rings. The number of aryl methyl sites for hydroxylation is 2. The average molecular weight is 389 g/mol. The van der Waals surface area contributed by atoms with E-state index in [4.69, 9.17) is 0 Å². The molecular formula is C21H28N2O3S. The molecule has 0 saturated carbocycles. The van der Waals surface area contributed by atoms with E-state index in [-0.39, 0.29) is 11.9 Å². The summed E-state index contributed by atoms with van der Waals surface area (Å²) in [6.45, 7) is 7.61. The number of anilines is 1. The van der Waals surface area contributed by atoms with E-state index in [0.717, 1.165) is 22.9 Å². The molecule has 0 fully saturated rings. The molecule has 0 aromatic heterocycles. The van der Waals surface area contributed by atoms with Crippen LogP contribution >= 0.6 is 0 Å². The second-order valence-corrected chi connectivity index (χ2v) is 8.82. The van der Waals surface area contributed by atoms with Gasteiger partial charge in [0.15, 0.2) is 0 Å². The SMILES string of the molecule is CCC(C(=O)NC(C)c1ccc(C)cc1)N(c1cccc(C)c1)S(C)(=O)=O. The van der Waals surface area contributed by atoms with Crippen LogP contribution in [0.4, 0.5) is 5.69 Å². The predicted octanol–water partition coefficient (Wildman–Crippen LogP) is 3.73. The highest BCUT2D eigenvalue weighted by molar-refractivity contribution is 7.92. The van der Waals surface area contributed by atoms with Gasteiger partial charge < -0.3 is 5.32 Å². The van der Waals surface area contributed by atoms with Crippen LogP contribution in [0, 0.1) is 13.8 Å². The molecule has 6 heteroatoms. The van der Waals surface area contributed by atoms with Crippen molar-refractivity contribution in [3.05, 3.63) is 65.2 Å². The lowest BCUT2D eigenvalue weighted by Gasteiger charge is -2.31. The number of rotatable bonds is 7. The third kappa shape index (κ3) is 5.32. The van der Waals surface area contributed by atoms with Crippen molar-refractivity contribution in [1.29, 1.82) is 0 Å². The number of nitrogens with one attached hydrogen (secondary N) is 1. The van der Waals surface area contributed by atoms with E-state index < -0.39 is 16.1 Å². The summed E-state index contributed by atoms with van der Waals surface area (Å²) in [5, 5.41) is 2.96. The molecule has 2 aromatic carbocycles. The molecular weight excluding hydrogens is 360 g/mol. The third-order valence-electron chi connectivity index (χ3n) is 4.52. The average Bonchev–Trinajstić information content (AvgIpc) is 2.58. The van der Waals surface area contributed by atoms with Crippen molar-refractivity contribution in [2.24, 2.45) is 0 Å². The highest BCUT2D eigenvalue weighted by atomic mass is 32.2. The van der Waals surface area contributed by atoms with E-state index >= 15 is 0 Å². The Balaban J connectivity index is 2.30. The van der Waals surface area contributed by atoms with Crippen molar-refractivity contribution in [2.45, 2.75) is 46.2 Å². The lowest BCUT2D eigenvalue weighted by atomic mass is 10.1. The molecule has 2 unspecified atom stereocenters. The molecule has 27 heavy (non-hydrogen) atoms. The van der Waals surface area contributed by atoms with Crippen LogP contribution in [0.15, 0.2) is 48.5 Å². The second-order valence-electron chi connectivity index (χ2n) is 6.96. The second kappa shape index (κ2) is 8.57. The Labute approximate surface area is 162 Å². The molecule has 2 rings (SSSR count). The summed E-state index contributed by atoms with van der Waals surface area (Å²) in [7, 11) is -3.62. The van der Waals surface area contributed by atoms with Gasteiger partial charge in [0.2, 0.25) is 15.9 Å². The van der Waals surface area contributed by atoms with Gasteiger partial charge in [0.25, 0.3) is 0 Å². The van der Waals surface area contributed by atoms with Gasteiger partial charge in [-0.25, -0.2) is 8.42 Å². The summed E-state index contributed by atoms with van der Waals surface area (Å²) in [6, 6.07) is 14.1. The Kier molecular flexibility index (Phi) is 6.65. The van der Waals surface area contributed by atoms with E-state index in [1.165, 1.54) is 4.31 Å². The Morgan fingerprint density at radius 2 is 1.70 bits per heavy atom. The quantitative estimate of drug-likeness (QED) is 0.786. The Morgan fingerprint density at radius 1 is 1.07 bits per heavy atom. The smallest absolute Gasteiger partial charge is 0.244 e. The Bertz CT molecular complexity index is 892. The number of carbonyl (C=O) groups is 1. The maximum Gasteiger partial charge on any atom is 0.244 e. The molecule has 2 atom stereocenters. The highest BCUT2D eigenvalue weighted by Crippen LogP contribution is 2.24. The molecule has 0 aliphatic rings. The number of nitrogens with zero attached hydrogens (tertiary/aromatic N) is 1. The first-order chi connectivity index (χ1) is 12.6. The number of hydrogen-bond donors (Lipinski definition) is 1. The largest absolute Gasteiger partial charge is 0.348 e. The van der Waals surface area contributed by atoms with Crippen LogP contribution in [0.1, 0.15) is 43.0 Å². The number of amides is 1. The molecule has 0 aliphatic heterocycles. The van der Waals surface area contributed by atoms with E-state index in [0.29, 0.717) is 12.1 Å². The lowest BCUT2D eigenvalue weighted by molar-refractivity contribution is -0.122. The van der Waals surface area contributed by atoms with Gasteiger partial charge in [-0.3, -0.25) is 9.10 Å². The van der Waals surface area contributed by atoms with Crippen molar-refractivity contribution < 1.29 is 13.2 Å². The highest BCUT2D eigenvalue weighted by Gasteiger charge is 2.32. The first kappa shape index (κ1) is 21.0. The van der Waals surface area contributed by atoms with Crippen LogP contribution in [0.25, 0.3) is 0 Å². The Morgan fingerprint density at radius 3 is 2.22 bits per heavy atom. The predicted molar refractivity (Wildman–Crippen MR) is 110 cm³/mol. The van der Waals surface area contributed by atoms with Crippen LogP contribution in [0.2, 0.25) is 0 Å². The zero-order valence-corrected chi connectivity index (χ0v) is 17.4. The topological polar surface area (TPSA) is 66.5 Å². The normalized spacial score (nSPS) is 13.7. The van der Waals surface area contributed by atoms with Gasteiger partial charge in [-0.15, -0.1) is 0 Å². The van der Waals surface area contributed by atoms with Gasteiger partial charge in [-0.05, 0) is 50.5 Å². The maximum atomic E-state index is 13.0. The molecule has 0 spiro atoms. The minimum atomic E-state index is -3.62. The molecule has 1 N–H and O–H groups in total. The first-order valence-corrected chi connectivity index (χ1v) is 10.9. The van der Waals surface area contributed by atoms with Crippen LogP contribution in [-0.2, 0) is 14.8 Å². The zero-order chi connectivity index (χ0) is 20.2. The third-order valence-corrected chi connectivity index (χ3v) is 5.70. The molecule has 5 nitrogen and oxygen atoms in total. The van der Waals surface area contributed by atoms with Crippen molar-refractivity contribution in [3.63, 3.8) is 0 Å². The van der Waals surface area contributed by atoms with Crippen LogP contribution in [-0.4, -0.2) is 26.6 Å². The summed E-state index contributed by atoms with van der Waals surface area (Å²) in [6.07, 6.45) is 1.50. The van der Waals surface area contributed by atoms with Gasteiger partial charge in [0.05, 0.1) is 18.0 Å². The van der Waals surface area contributed by atoms with Gasteiger partial charge in [-0.1, -0.05) is 48.9 Å². The van der Waals surface area contributed by atoms with E-state index in [2.05, 4.69) is 5.32 Å². The molecule has 0 aliphatic carbocycles. The fourth-order valence-corrected chi connectivity index (χ4v) is 4.28. The van der Waals surface area contributed by atoms with Crippen LogP contribution in [0.3, 0.4) is 0 Å². The molecule has 0 bridgehead atoms. The summed E-state index contributed by atoms with van der Waals surface area (Å²) < 4.78 is 26.2. The van der Waals surface area contributed by atoms with Gasteiger partial charge in [0, 0.05) is 0 Å². The Hall–Kier alpha value is -2.34. The molecule has 0 heterocycles. The first-order valence-electron chi connectivity index (χ1n) is 9.06. The lowest BCUT2D eigenvalue weighted by Crippen LogP contribution is -2.49. The number of benzene rings is 2. The fourth-order valence-electron chi connectivity index (χ4n) is 3.07. The minimum absolute atomic E-state index is 0.217. The molecule has 0 radical (unpaired) electrons.